The second-order valence-corrected chi connectivity index (χ2v) is 2.84. The van der Waals surface area contributed by atoms with Crippen molar-refractivity contribution >= 4 is 15.9 Å². The molecule has 0 aliphatic heterocycles. The Hall–Kier alpha value is -0.740. The van der Waals surface area contributed by atoms with Crippen LogP contribution in [0.4, 0.5) is 0 Å². The Balaban J connectivity index is 3.04. The monoisotopic (exact) mass is 264 g/mol. The van der Waals surface area contributed by atoms with E-state index in [1.54, 1.807) is 0 Å². The van der Waals surface area contributed by atoms with Crippen molar-refractivity contribution in [2.75, 3.05) is 19.0 Å². The van der Waals surface area contributed by atoms with Crippen molar-refractivity contribution in [1.82, 2.24) is 0 Å². The zero-order chi connectivity index (χ0) is 14.0. The van der Waals surface area contributed by atoms with Gasteiger partial charge in [0.05, 0.1) is 23.0 Å². The number of aliphatic hydroxyl groups is 1. The molecule has 78 valence electrons. The Morgan fingerprint density at radius 3 is 2.86 bits per heavy atom. The minimum Gasteiger partial charge on any atom is -0.493 e. The van der Waals surface area contributed by atoms with Crippen LogP contribution in [0, 0.1) is 0 Å². The second kappa shape index (κ2) is 5.88. The van der Waals surface area contributed by atoms with Crippen molar-refractivity contribution < 1.29 is 20.1 Å². The summed E-state index contributed by atoms with van der Waals surface area (Å²) in [5.41, 5.74) is 0.585. The molecule has 3 nitrogen and oxygen atoms in total. The molecule has 0 aromatic heterocycles. The van der Waals surface area contributed by atoms with Crippen LogP contribution in [0.2, 0.25) is 0 Å². The number of hydrogen-bond acceptors (Lipinski definition) is 3. The molecule has 1 N–H and O–H groups in total. The number of rotatable bonds is 5. The van der Waals surface area contributed by atoms with Gasteiger partial charge in [-0.2, -0.15) is 0 Å². The summed E-state index contributed by atoms with van der Waals surface area (Å²) < 4.78 is 39.6. The summed E-state index contributed by atoms with van der Waals surface area (Å²) in [6.07, 6.45) is 0. The summed E-state index contributed by atoms with van der Waals surface area (Å²) in [6.45, 7) is -2.75. The molecule has 4 heteroatoms. The van der Waals surface area contributed by atoms with Crippen molar-refractivity contribution in [2.45, 2.75) is 6.61 Å². The first kappa shape index (κ1) is 6.69. The van der Waals surface area contributed by atoms with E-state index in [-0.39, 0.29) is 18.1 Å². The van der Waals surface area contributed by atoms with E-state index >= 15 is 0 Å². The molecule has 1 aromatic rings. The van der Waals surface area contributed by atoms with Gasteiger partial charge >= 0.3 is 0 Å². The van der Waals surface area contributed by atoms with E-state index in [9.17, 15) is 0 Å². The van der Waals surface area contributed by atoms with Gasteiger partial charge in [-0.3, -0.25) is 0 Å². The number of ether oxygens (including phenoxy) is 2. The molecule has 0 aliphatic rings. The SMILES string of the molecule is [2H]C([2H])(Br)C([2H])([2H])Oc1ccc(CO)cc1OC. The van der Waals surface area contributed by atoms with Gasteiger partial charge in [-0.1, -0.05) is 22.0 Å². The molecule has 0 saturated heterocycles. The van der Waals surface area contributed by atoms with Crippen molar-refractivity contribution in [1.29, 1.82) is 0 Å². The molecule has 0 saturated carbocycles. The summed E-state index contributed by atoms with van der Waals surface area (Å²) >= 11 is 2.58. The lowest BCUT2D eigenvalue weighted by Crippen LogP contribution is -2.00. The van der Waals surface area contributed by atoms with Gasteiger partial charge in [0.15, 0.2) is 11.5 Å². The highest BCUT2D eigenvalue weighted by Crippen LogP contribution is 2.27. The summed E-state index contributed by atoms with van der Waals surface area (Å²) in [4.78, 5) is 0. The quantitative estimate of drug-likeness (QED) is 0.827. The molecule has 0 heterocycles. The van der Waals surface area contributed by atoms with Gasteiger partial charge in [-0.05, 0) is 17.7 Å². The van der Waals surface area contributed by atoms with Gasteiger partial charge in [0.2, 0.25) is 0 Å². The predicted molar refractivity (Wildman–Crippen MR) is 58.2 cm³/mol. The van der Waals surface area contributed by atoms with Crippen LogP contribution < -0.4 is 9.47 Å². The fraction of sp³-hybridized carbons (Fsp3) is 0.400. The fourth-order valence-corrected chi connectivity index (χ4v) is 1.05. The van der Waals surface area contributed by atoms with Gasteiger partial charge in [-0.25, -0.2) is 0 Å². The fourth-order valence-electron chi connectivity index (χ4n) is 0.969. The topological polar surface area (TPSA) is 38.7 Å². The molecular formula is C10H13BrO3. The van der Waals surface area contributed by atoms with Crippen molar-refractivity contribution in [3.05, 3.63) is 23.8 Å². The molecule has 0 radical (unpaired) electrons. The molecule has 1 aromatic carbocycles. The van der Waals surface area contributed by atoms with Crippen LogP contribution in [-0.4, -0.2) is 24.1 Å². The maximum Gasteiger partial charge on any atom is 0.161 e. The Morgan fingerprint density at radius 1 is 1.50 bits per heavy atom. The molecule has 0 atom stereocenters. The molecule has 0 amide bonds. The third kappa shape index (κ3) is 2.89. The Labute approximate surface area is 97.4 Å². The van der Waals surface area contributed by atoms with Crippen LogP contribution >= 0.6 is 15.9 Å². The minimum atomic E-state index is -2.57. The average Bonchev–Trinajstić information content (AvgIpc) is 2.27. The first-order valence-corrected chi connectivity index (χ1v) is 4.66. The number of methoxy groups -OCH3 is 1. The van der Waals surface area contributed by atoms with Crippen molar-refractivity contribution in [2.24, 2.45) is 0 Å². The van der Waals surface area contributed by atoms with Crippen LogP contribution in [0.1, 0.15) is 11.0 Å². The van der Waals surface area contributed by atoms with E-state index in [4.69, 9.17) is 20.1 Å². The van der Waals surface area contributed by atoms with Crippen LogP contribution in [-0.2, 0) is 6.61 Å². The first-order chi connectivity index (χ1) is 8.21. The summed E-state index contributed by atoms with van der Waals surface area (Å²) in [7, 11) is 1.38. The predicted octanol–water partition coefficient (Wildman–Crippen LogP) is 1.96. The van der Waals surface area contributed by atoms with E-state index in [0.29, 0.717) is 5.56 Å². The Bertz CT molecular complexity index is 420. The van der Waals surface area contributed by atoms with Gasteiger partial charge in [0.1, 0.15) is 0 Å². The van der Waals surface area contributed by atoms with Gasteiger partial charge in [0.25, 0.3) is 0 Å². The lowest BCUT2D eigenvalue weighted by Gasteiger charge is -2.10. The summed E-state index contributed by atoms with van der Waals surface area (Å²) in [6, 6.07) is 4.45. The molecule has 0 fully saturated rings. The number of halogens is 1. The van der Waals surface area contributed by atoms with E-state index in [2.05, 4.69) is 15.9 Å². The Kier molecular flexibility index (Phi) is 2.81. The largest absolute Gasteiger partial charge is 0.493 e. The molecule has 1 rings (SSSR count). The first-order valence-electron chi connectivity index (χ1n) is 5.87. The zero-order valence-corrected chi connectivity index (χ0v) is 9.17. The maximum atomic E-state index is 8.97. The minimum absolute atomic E-state index is 0.0584. The summed E-state index contributed by atoms with van der Waals surface area (Å²) in [5, 5.41) is 6.63. The van der Waals surface area contributed by atoms with Crippen LogP contribution in [0.3, 0.4) is 0 Å². The van der Waals surface area contributed by atoms with E-state index in [1.807, 2.05) is 0 Å². The van der Waals surface area contributed by atoms with Crippen LogP contribution in [0.15, 0.2) is 18.2 Å². The standard InChI is InChI=1S/C10H13BrO3/c1-13-10-6-8(7-12)2-3-9(10)14-5-4-11/h2-3,6,12H,4-5,7H2,1H3/i4D2,5D2. The molecule has 0 unspecified atom stereocenters. The normalized spacial score (nSPS) is 16.2. The molecule has 0 bridgehead atoms. The van der Waals surface area contributed by atoms with Crippen molar-refractivity contribution in [3.8, 4) is 11.5 Å². The number of alkyl halides is 1. The number of aliphatic hydroxyl groups excluding tert-OH is 1. The number of hydrogen-bond donors (Lipinski definition) is 1. The average molecular weight is 265 g/mol. The summed E-state index contributed by atoms with van der Waals surface area (Å²) in [5.74, 6) is 0.283. The van der Waals surface area contributed by atoms with E-state index in [1.165, 1.54) is 25.3 Å². The van der Waals surface area contributed by atoms with E-state index < -0.39 is 11.8 Å². The third-order valence-corrected chi connectivity index (χ3v) is 1.77. The molecule has 0 aliphatic carbocycles. The smallest absolute Gasteiger partial charge is 0.161 e. The highest BCUT2D eigenvalue weighted by Gasteiger charge is 2.04. The third-order valence-electron chi connectivity index (χ3n) is 1.61. The van der Waals surface area contributed by atoms with Crippen molar-refractivity contribution in [3.63, 3.8) is 0 Å². The molecule has 14 heavy (non-hydrogen) atoms. The van der Waals surface area contributed by atoms with E-state index in [0.717, 1.165) is 0 Å². The lowest BCUT2D eigenvalue weighted by atomic mass is 10.2. The number of benzene rings is 1. The van der Waals surface area contributed by atoms with Gasteiger partial charge < -0.3 is 14.6 Å². The van der Waals surface area contributed by atoms with Gasteiger partial charge in [-0.15, -0.1) is 0 Å². The van der Waals surface area contributed by atoms with Crippen LogP contribution in [0.5, 0.6) is 11.5 Å². The second-order valence-electron chi connectivity index (χ2n) is 2.44. The maximum absolute atomic E-state index is 8.97. The molecule has 0 spiro atoms. The zero-order valence-electron chi connectivity index (χ0n) is 11.6. The van der Waals surface area contributed by atoms with Crippen LogP contribution in [0.25, 0.3) is 0 Å². The lowest BCUT2D eigenvalue weighted by molar-refractivity contribution is 0.279. The highest BCUT2D eigenvalue weighted by atomic mass is 79.9. The van der Waals surface area contributed by atoms with Gasteiger partial charge in [0, 0.05) is 8.02 Å². The highest BCUT2D eigenvalue weighted by molar-refractivity contribution is 9.09. The Morgan fingerprint density at radius 2 is 2.29 bits per heavy atom. The molecular weight excluding hydrogens is 248 g/mol.